The molecule has 3 nitrogen and oxygen atoms in total. The van der Waals surface area contributed by atoms with Crippen LogP contribution in [0.5, 0.6) is 0 Å². The molecular weight excluding hydrogens is 291 g/mol. The van der Waals surface area contributed by atoms with Crippen molar-refractivity contribution in [2.75, 3.05) is 5.73 Å². The lowest BCUT2D eigenvalue weighted by molar-refractivity contribution is 0.433. The molecule has 21 heavy (non-hydrogen) atoms. The Morgan fingerprint density at radius 2 is 1.81 bits per heavy atom. The molecule has 3 aromatic rings. The Balaban J connectivity index is 2.24. The number of nitrogens with two attached hydrogens (primary N) is 1. The molecule has 3 rings (SSSR count). The maximum Gasteiger partial charge on any atom is 0.181 e. The van der Waals surface area contributed by atoms with Crippen molar-refractivity contribution in [3.8, 4) is 22.5 Å². The maximum atomic E-state index is 14.1. The van der Waals surface area contributed by atoms with Crippen molar-refractivity contribution in [3.63, 3.8) is 0 Å². The lowest BCUT2D eigenvalue weighted by Gasteiger charge is -2.06. The number of aromatic nitrogens is 1. The maximum absolute atomic E-state index is 14.1. The van der Waals surface area contributed by atoms with Gasteiger partial charge in [-0.15, -0.1) is 0 Å². The van der Waals surface area contributed by atoms with E-state index < -0.39 is 5.82 Å². The molecule has 0 fully saturated rings. The first-order chi connectivity index (χ1) is 10.1. The summed E-state index contributed by atoms with van der Waals surface area (Å²) in [5.74, 6) is -0.0420. The molecule has 5 heteroatoms. The van der Waals surface area contributed by atoms with Crippen LogP contribution in [0.4, 0.5) is 10.2 Å². The molecule has 0 aliphatic rings. The fourth-order valence-electron chi connectivity index (χ4n) is 2.19. The molecule has 1 aromatic heterocycles. The van der Waals surface area contributed by atoms with Gasteiger partial charge >= 0.3 is 0 Å². The van der Waals surface area contributed by atoms with Crippen LogP contribution < -0.4 is 5.73 Å². The van der Waals surface area contributed by atoms with Gasteiger partial charge in [-0.3, -0.25) is 0 Å². The lowest BCUT2D eigenvalue weighted by atomic mass is 10.0. The first kappa shape index (κ1) is 13.6. The minimum absolute atomic E-state index is 0.166. The van der Waals surface area contributed by atoms with Crippen LogP contribution >= 0.6 is 11.6 Å². The van der Waals surface area contributed by atoms with Gasteiger partial charge in [0.25, 0.3) is 0 Å². The fourth-order valence-corrected chi connectivity index (χ4v) is 2.44. The summed E-state index contributed by atoms with van der Waals surface area (Å²) in [6.45, 7) is 1.98. The molecule has 0 spiro atoms. The average Bonchev–Trinajstić information content (AvgIpc) is 2.82. The lowest BCUT2D eigenvalue weighted by Crippen LogP contribution is -1.91. The highest BCUT2D eigenvalue weighted by atomic mass is 35.5. The van der Waals surface area contributed by atoms with Crippen LogP contribution in [-0.2, 0) is 0 Å². The van der Waals surface area contributed by atoms with E-state index in [1.54, 1.807) is 6.07 Å². The normalized spacial score (nSPS) is 10.8. The fraction of sp³-hybridized carbons (Fsp3) is 0.0625. The molecule has 0 atom stereocenters. The highest BCUT2D eigenvalue weighted by molar-refractivity contribution is 6.33. The molecule has 0 aliphatic carbocycles. The largest absolute Gasteiger partial charge is 0.380 e. The Bertz CT molecular complexity index is 776. The Labute approximate surface area is 126 Å². The van der Waals surface area contributed by atoms with Gasteiger partial charge in [0.1, 0.15) is 5.82 Å². The molecule has 0 saturated heterocycles. The number of hydrogen-bond donors (Lipinski definition) is 1. The zero-order valence-electron chi connectivity index (χ0n) is 11.2. The van der Waals surface area contributed by atoms with Gasteiger partial charge in [0, 0.05) is 0 Å². The zero-order valence-corrected chi connectivity index (χ0v) is 12.0. The van der Waals surface area contributed by atoms with E-state index in [-0.39, 0.29) is 22.2 Å². The number of hydrogen-bond acceptors (Lipinski definition) is 3. The van der Waals surface area contributed by atoms with Gasteiger partial charge in [0.15, 0.2) is 11.6 Å². The predicted octanol–water partition coefficient (Wildman–Crippen LogP) is 4.69. The Morgan fingerprint density at radius 3 is 2.48 bits per heavy atom. The SMILES string of the molecule is Cc1ccc(-c2c(N)noc2-c2c(F)cccc2Cl)cc1. The first-order valence-electron chi connectivity index (χ1n) is 6.34. The second-order valence-electron chi connectivity index (χ2n) is 4.73. The van der Waals surface area contributed by atoms with Crippen molar-refractivity contribution in [2.24, 2.45) is 0 Å². The summed E-state index contributed by atoms with van der Waals surface area (Å²) < 4.78 is 19.3. The van der Waals surface area contributed by atoms with Crippen molar-refractivity contribution >= 4 is 17.4 Å². The van der Waals surface area contributed by atoms with Gasteiger partial charge in [-0.2, -0.15) is 0 Å². The van der Waals surface area contributed by atoms with E-state index >= 15 is 0 Å². The summed E-state index contributed by atoms with van der Waals surface area (Å²) in [6, 6.07) is 12.1. The van der Waals surface area contributed by atoms with Crippen molar-refractivity contribution < 1.29 is 8.91 Å². The van der Waals surface area contributed by atoms with Crippen molar-refractivity contribution in [1.82, 2.24) is 5.16 Å². The van der Waals surface area contributed by atoms with E-state index in [1.165, 1.54) is 12.1 Å². The van der Waals surface area contributed by atoms with E-state index in [0.29, 0.717) is 5.56 Å². The van der Waals surface area contributed by atoms with Crippen LogP contribution in [0.3, 0.4) is 0 Å². The highest BCUT2D eigenvalue weighted by Gasteiger charge is 2.22. The smallest absolute Gasteiger partial charge is 0.181 e. The standard InChI is InChI=1S/C16H12ClFN2O/c1-9-5-7-10(8-6-9)13-15(21-20-16(13)19)14-11(17)3-2-4-12(14)18/h2-8H,1H3,(H2,19,20). The van der Waals surface area contributed by atoms with Crippen LogP contribution in [0.15, 0.2) is 47.0 Å². The third-order valence-electron chi connectivity index (χ3n) is 3.25. The van der Waals surface area contributed by atoms with Gasteiger partial charge in [-0.25, -0.2) is 4.39 Å². The highest BCUT2D eigenvalue weighted by Crippen LogP contribution is 2.40. The summed E-state index contributed by atoms with van der Waals surface area (Å²) in [5, 5.41) is 4.00. The summed E-state index contributed by atoms with van der Waals surface area (Å²) in [5.41, 5.74) is 8.50. The monoisotopic (exact) mass is 302 g/mol. The molecule has 2 aromatic carbocycles. The van der Waals surface area contributed by atoms with Crippen LogP contribution in [0.1, 0.15) is 5.56 Å². The summed E-state index contributed by atoms with van der Waals surface area (Å²) in [6.07, 6.45) is 0. The Morgan fingerprint density at radius 1 is 1.10 bits per heavy atom. The number of aryl methyl sites for hydroxylation is 1. The van der Waals surface area contributed by atoms with E-state index in [2.05, 4.69) is 5.16 Å². The quantitative estimate of drug-likeness (QED) is 0.747. The van der Waals surface area contributed by atoms with Crippen LogP contribution in [-0.4, -0.2) is 5.16 Å². The topological polar surface area (TPSA) is 52.0 Å². The first-order valence-corrected chi connectivity index (χ1v) is 6.72. The molecule has 2 N–H and O–H groups in total. The molecule has 1 heterocycles. The number of nitrogens with zero attached hydrogens (tertiary/aromatic N) is 1. The minimum Gasteiger partial charge on any atom is -0.380 e. The molecule has 0 unspecified atom stereocenters. The molecule has 0 bridgehead atoms. The molecule has 0 radical (unpaired) electrons. The van der Waals surface area contributed by atoms with Crippen LogP contribution in [0.2, 0.25) is 5.02 Å². The number of halogens is 2. The third-order valence-corrected chi connectivity index (χ3v) is 3.56. The van der Waals surface area contributed by atoms with Crippen molar-refractivity contribution in [2.45, 2.75) is 6.92 Å². The average molecular weight is 303 g/mol. The van der Waals surface area contributed by atoms with Gasteiger partial charge in [-0.05, 0) is 24.6 Å². The predicted molar refractivity (Wildman–Crippen MR) is 81.5 cm³/mol. The molecular formula is C16H12ClFN2O. The van der Waals surface area contributed by atoms with E-state index in [0.717, 1.165) is 11.1 Å². The van der Waals surface area contributed by atoms with Crippen molar-refractivity contribution in [3.05, 3.63) is 58.9 Å². The van der Waals surface area contributed by atoms with Crippen LogP contribution in [0.25, 0.3) is 22.5 Å². The summed E-state index contributed by atoms with van der Waals surface area (Å²) >= 11 is 6.09. The number of nitrogen functional groups attached to an aromatic ring is 1. The Kier molecular flexibility index (Phi) is 3.39. The van der Waals surface area contributed by atoms with Gasteiger partial charge in [-0.1, -0.05) is 52.7 Å². The second-order valence-corrected chi connectivity index (χ2v) is 5.14. The van der Waals surface area contributed by atoms with E-state index in [1.807, 2.05) is 31.2 Å². The zero-order chi connectivity index (χ0) is 15.0. The third kappa shape index (κ3) is 2.38. The summed E-state index contributed by atoms with van der Waals surface area (Å²) in [4.78, 5) is 0. The molecule has 0 aliphatic heterocycles. The van der Waals surface area contributed by atoms with Crippen molar-refractivity contribution in [1.29, 1.82) is 0 Å². The second kappa shape index (κ2) is 5.22. The number of anilines is 1. The van der Waals surface area contributed by atoms with Gasteiger partial charge in [0.2, 0.25) is 0 Å². The molecule has 0 saturated carbocycles. The Hall–Kier alpha value is -2.33. The molecule has 106 valence electrons. The van der Waals surface area contributed by atoms with E-state index in [9.17, 15) is 4.39 Å². The van der Waals surface area contributed by atoms with Crippen LogP contribution in [0, 0.1) is 12.7 Å². The minimum atomic E-state index is -0.480. The van der Waals surface area contributed by atoms with Gasteiger partial charge in [0.05, 0.1) is 16.1 Å². The van der Waals surface area contributed by atoms with Gasteiger partial charge < -0.3 is 10.3 Å². The van der Waals surface area contributed by atoms with E-state index in [4.69, 9.17) is 21.9 Å². The number of benzene rings is 2. The molecule has 0 amide bonds. The number of rotatable bonds is 2. The summed E-state index contributed by atoms with van der Waals surface area (Å²) in [7, 11) is 0.